The molecular weight excluding hydrogens is 432 g/mol. The Morgan fingerprint density at radius 1 is 1.10 bits per heavy atom. The monoisotopic (exact) mass is 460 g/mol. The molecule has 5 nitrogen and oxygen atoms in total. The second-order valence-corrected chi connectivity index (χ2v) is 7.88. The van der Waals surface area contributed by atoms with Crippen LogP contribution in [0.2, 0.25) is 0 Å². The summed E-state index contributed by atoms with van der Waals surface area (Å²) >= 11 is 3.46. The summed E-state index contributed by atoms with van der Waals surface area (Å²) in [5.41, 5.74) is 3.16. The highest BCUT2D eigenvalue weighted by Crippen LogP contribution is 2.22. The highest BCUT2D eigenvalue weighted by Gasteiger charge is 2.28. The number of likely N-dealkylation sites (N-methyl/N-ethyl adjacent to an activating group) is 1. The molecule has 0 saturated heterocycles. The van der Waals surface area contributed by atoms with Crippen LogP contribution in [-0.4, -0.2) is 35.9 Å². The van der Waals surface area contributed by atoms with Crippen molar-refractivity contribution in [3.05, 3.63) is 63.6 Å². The van der Waals surface area contributed by atoms with Crippen molar-refractivity contribution in [1.82, 2.24) is 10.2 Å². The first kappa shape index (κ1) is 22.9. The number of carbonyl (C=O) groups excluding carboxylic acids is 2. The fourth-order valence-electron chi connectivity index (χ4n) is 3.04. The van der Waals surface area contributed by atoms with Gasteiger partial charge in [-0.3, -0.25) is 9.59 Å². The molecule has 2 rings (SSSR count). The third-order valence-corrected chi connectivity index (χ3v) is 5.59. The molecule has 0 unspecified atom stereocenters. The van der Waals surface area contributed by atoms with Gasteiger partial charge in [-0.2, -0.15) is 0 Å². The Morgan fingerprint density at radius 2 is 1.79 bits per heavy atom. The Kier molecular flexibility index (Phi) is 8.70. The fourth-order valence-corrected chi connectivity index (χ4v) is 3.28. The molecule has 0 bridgehead atoms. The van der Waals surface area contributed by atoms with Crippen molar-refractivity contribution in [2.24, 2.45) is 0 Å². The number of hydrogen-bond acceptors (Lipinski definition) is 3. The topological polar surface area (TPSA) is 58.6 Å². The number of nitrogens with one attached hydrogen (secondary N) is 1. The molecule has 1 N–H and O–H groups in total. The minimum atomic E-state index is -0.543. The van der Waals surface area contributed by atoms with Crippen molar-refractivity contribution < 1.29 is 14.3 Å². The quantitative estimate of drug-likeness (QED) is 0.603. The number of benzene rings is 2. The van der Waals surface area contributed by atoms with Crippen LogP contribution >= 0.6 is 15.9 Å². The van der Waals surface area contributed by atoms with E-state index in [0.717, 1.165) is 21.2 Å². The SMILES string of the molecule is CCNC(=O)[C@@H](CC)N(Cc1ccc(C)cc1)C(=O)COc1ccc(Br)c(C)c1. The lowest BCUT2D eigenvalue weighted by atomic mass is 10.1. The summed E-state index contributed by atoms with van der Waals surface area (Å²) in [5.74, 6) is 0.264. The zero-order valence-corrected chi connectivity index (χ0v) is 19.1. The van der Waals surface area contributed by atoms with Gasteiger partial charge in [-0.25, -0.2) is 0 Å². The van der Waals surface area contributed by atoms with E-state index in [1.807, 2.05) is 70.2 Å². The van der Waals surface area contributed by atoms with Crippen molar-refractivity contribution in [3.63, 3.8) is 0 Å². The Bertz CT molecular complexity index is 837. The molecule has 6 heteroatoms. The molecule has 0 aliphatic carbocycles. The van der Waals surface area contributed by atoms with Gasteiger partial charge in [0.05, 0.1) is 0 Å². The molecule has 0 fully saturated rings. The van der Waals surface area contributed by atoms with Gasteiger partial charge in [-0.1, -0.05) is 52.7 Å². The molecule has 0 aliphatic rings. The first-order chi connectivity index (χ1) is 13.8. The van der Waals surface area contributed by atoms with Crippen LogP contribution in [0.4, 0.5) is 0 Å². The van der Waals surface area contributed by atoms with E-state index in [2.05, 4.69) is 21.2 Å². The zero-order chi connectivity index (χ0) is 21.4. The molecule has 2 aromatic carbocycles. The summed E-state index contributed by atoms with van der Waals surface area (Å²) in [6.07, 6.45) is 0.529. The van der Waals surface area contributed by atoms with Gasteiger partial charge in [0.1, 0.15) is 11.8 Å². The van der Waals surface area contributed by atoms with Gasteiger partial charge in [-0.15, -0.1) is 0 Å². The number of carbonyl (C=O) groups is 2. The molecule has 0 heterocycles. The molecule has 2 amide bonds. The summed E-state index contributed by atoms with van der Waals surface area (Å²) in [4.78, 5) is 27.2. The van der Waals surface area contributed by atoms with Gasteiger partial charge in [-0.05, 0) is 56.5 Å². The van der Waals surface area contributed by atoms with Crippen LogP contribution in [-0.2, 0) is 16.1 Å². The van der Waals surface area contributed by atoms with Crippen molar-refractivity contribution in [3.8, 4) is 5.75 Å². The van der Waals surface area contributed by atoms with Gasteiger partial charge < -0.3 is 15.0 Å². The molecule has 0 spiro atoms. The van der Waals surface area contributed by atoms with Crippen LogP contribution < -0.4 is 10.1 Å². The van der Waals surface area contributed by atoms with Crippen molar-refractivity contribution in [2.45, 2.75) is 46.7 Å². The number of aryl methyl sites for hydroxylation is 2. The van der Waals surface area contributed by atoms with Crippen LogP contribution in [0.3, 0.4) is 0 Å². The molecule has 0 saturated carbocycles. The maximum absolute atomic E-state index is 13.1. The van der Waals surface area contributed by atoms with Gasteiger partial charge in [0, 0.05) is 17.6 Å². The second-order valence-electron chi connectivity index (χ2n) is 7.03. The molecule has 0 aromatic heterocycles. The van der Waals surface area contributed by atoms with E-state index < -0.39 is 6.04 Å². The number of amides is 2. The van der Waals surface area contributed by atoms with E-state index in [-0.39, 0.29) is 18.4 Å². The predicted molar refractivity (Wildman–Crippen MR) is 119 cm³/mol. The number of hydrogen-bond donors (Lipinski definition) is 1. The molecule has 156 valence electrons. The summed E-state index contributed by atoms with van der Waals surface area (Å²) in [6.45, 7) is 8.52. The summed E-state index contributed by atoms with van der Waals surface area (Å²) < 4.78 is 6.72. The largest absolute Gasteiger partial charge is 0.484 e. The lowest BCUT2D eigenvalue weighted by molar-refractivity contribution is -0.142. The highest BCUT2D eigenvalue weighted by atomic mass is 79.9. The minimum Gasteiger partial charge on any atom is -0.484 e. The van der Waals surface area contributed by atoms with Crippen LogP contribution in [0.5, 0.6) is 5.75 Å². The van der Waals surface area contributed by atoms with E-state index in [1.165, 1.54) is 0 Å². The molecule has 29 heavy (non-hydrogen) atoms. The summed E-state index contributed by atoms with van der Waals surface area (Å²) in [5, 5.41) is 2.84. The third kappa shape index (κ3) is 6.60. The number of ether oxygens (including phenoxy) is 1. The number of nitrogens with zero attached hydrogens (tertiary/aromatic N) is 1. The maximum Gasteiger partial charge on any atom is 0.261 e. The average molecular weight is 461 g/mol. The Balaban J connectivity index is 2.19. The van der Waals surface area contributed by atoms with Crippen LogP contribution in [0.25, 0.3) is 0 Å². The third-order valence-electron chi connectivity index (χ3n) is 4.70. The second kappa shape index (κ2) is 11.0. The van der Waals surface area contributed by atoms with E-state index in [9.17, 15) is 9.59 Å². The lowest BCUT2D eigenvalue weighted by Gasteiger charge is -2.30. The Morgan fingerprint density at radius 3 is 2.38 bits per heavy atom. The smallest absolute Gasteiger partial charge is 0.261 e. The van der Waals surface area contributed by atoms with Gasteiger partial charge >= 0.3 is 0 Å². The number of rotatable bonds is 9. The number of halogens is 1. The van der Waals surface area contributed by atoms with E-state index in [1.54, 1.807) is 4.90 Å². The standard InChI is InChI=1S/C23H29BrN2O3/c1-5-21(23(28)25-6-2)26(14-18-9-7-16(3)8-10-18)22(27)15-29-19-11-12-20(24)17(4)13-19/h7-13,21H,5-6,14-15H2,1-4H3,(H,25,28)/t21-/m1/s1. The minimum absolute atomic E-state index is 0.122. The van der Waals surface area contributed by atoms with Gasteiger partial charge in [0.2, 0.25) is 5.91 Å². The first-order valence-corrected chi connectivity index (χ1v) is 10.7. The Hall–Kier alpha value is -2.34. The normalized spacial score (nSPS) is 11.6. The molecular formula is C23H29BrN2O3. The lowest BCUT2D eigenvalue weighted by Crippen LogP contribution is -2.50. The summed E-state index contributed by atoms with van der Waals surface area (Å²) in [6, 6.07) is 13.0. The van der Waals surface area contributed by atoms with E-state index in [0.29, 0.717) is 25.3 Å². The van der Waals surface area contributed by atoms with Crippen LogP contribution in [0.15, 0.2) is 46.9 Å². The maximum atomic E-state index is 13.1. The van der Waals surface area contributed by atoms with Crippen molar-refractivity contribution in [2.75, 3.05) is 13.2 Å². The van der Waals surface area contributed by atoms with Crippen LogP contribution in [0, 0.1) is 13.8 Å². The Labute approximate surface area is 181 Å². The van der Waals surface area contributed by atoms with E-state index in [4.69, 9.17) is 4.74 Å². The van der Waals surface area contributed by atoms with Gasteiger partial charge in [0.15, 0.2) is 6.61 Å². The fraction of sp³-hybridized carbons (Fsp3) is 0.391. The first-order valence-electron chi connectivity index (χ1n) is 9.87. The molecule has 0 radical (unpaired) electrons. The van der Waals surface area contributed by atoms with E-state index >= 15 is 0 Å². The average Bonchev–Trinajstić information content (AvgIpc) is 2.70. The predicted octanol–water partition coefficient (Wildman–Crippen LogP) is 4.39. The highest BCUT2D eigenvalue weighted by molar-refractivity contribution is 9.10. The van der Waals surface area contributed by atoms with Crippen molar-refractivity contribution >= 4 is 27.7 Å². The molecule has 0 aliphatic heterocycles. The van der Waals surface area contributed by atoms with Crippen LogP contribution in [0.1, 0.15) is 37.0 Å². The molecule has 1 atom stereocenters. The zero-order valence-electron chi connectivity index (χ0n) is 17.5. The van der Waals surface area contributed by atoms with Gasteiger partial charge in [0.25, 0.3) is 5.91 Å². The summed E-state index contributed by atoms with van der Waals surface area (Å²) in [7, 11) is 0. The molecule has 2 aromatic rings. The van der Waals surface area contributed by atoms with Crippen molar-refractivity contribution in [1.29, 1.82) is 0 Å².